The molecule has 0 bridgehead atoms. The summed E-state index contributed by atoms with van der Waals surface area (Å²) >= 11 is 11.9. The zero-order chi connectivity index (χ0) is 55.0. The van der Waals surface area contributed by atoms with Gasteiger partial charge in [0.05, 0.1) is 44.9 Å². The summed E-state index contributed by atoms with van der Waals surface area (Å²) in [5, 5.41) is 13.3. The zero-order valence-electron chi connectivity index (χ0n) is 42.9. The SMILES string of the molecule is Cc1c(-c2nc(N[C@@H]3CCC[C@H](N)C3)ncc2Cl)c2ccccc2n1-c1ccccc1.Cc1c(-c2nc(N[C@@H]3CCC[C@H](NC(=O)OCc4ccccc4)C3)ncc2Cl)c2ccccc2n1-c1ccccc1.O=S=O.O=S=O. The second kappa shape index (κ2) is 27.6. The number of hydrogen-bond acceptors (Lipinski definition) is 13. The molecular weight excluding hydrogens is 1070 g/mol. The molecule has 0 saturated heterocycles. The summed E-state index contributed by atoms with van der Waals surface area (Å²) < 4.78 is 43.1. The minimum absolute atomic E-state index is 0.0161. The Morgan fingerprint density at radius 2 is 1.00 bits per heavy atom. The molecule has 16 nitrogen and oxygen atoms in total. The number of hydrogen-bond donors (Lipinski definition) is 4. The van der Waals surface area contributed by atoms with E-state index in [0.29, 0.717) is 33.7 Å². The molecule has 78 heavy (non-hydrogen) atoms. The Morgan fingerprint density at radius 1 is 0.590 bits per heavy atom. The number of benzene rings is 5. The number of halogens is 2. The number of aromatic nitrogens is 6. The van der Waals surface area contributed by atoms with Gasteiger partial charge in [0.2, 0.25) is 11.9 Å². The van der Waals surface area contributed by atoms with Gasteiger partial charge in [-0.05, 0) is 107 Å². The van der Waals surface area contributed by atoms with Gasteiger partial charge in [-0.15, -0.1) is 0 Å². The number of fused-ring (bicyclic) bond motifs is 2. The van der Waals surface area contributed by atoms with Crippen LogP contribution in [0.1, 0.15) is 68.3 Å². The zero-order valence-corrected chi connectivity index (χ0v) is 46.0. The Hall–Kier alpha value is -7.61. The van der Waals surface area contributed by atoms with E-state index in [1.54, 1.807) is 12.4 Å². The summed E-state index contributed by atoms with van der Waals surface area (Å²) in [7, 11) is 0. The van der Waals surface area contributed by atoms with Crippen molar-refractivity contribution in [1.29, 1.82) is 0 Å². The molecule has 1 amide bonds. The molecule has 4 aromatic heterocycles. The van der Waals surface area contributed by atoms with Gasteiger partial charge < -0.3 is 35.6 Å². The van der Waals surface area contributed by atoms with Crippen LogP contribution in [0.3, 0.4) is 0 Å². The molecule has 0 radical (unpaired) electrons. The van der Waals surface area contributed by atoms with Crippen molar-refractivity contribution in [2.24, 2.45) is 5.73 Å². The Morgan fingerprint density at radius 3 is 1.47 bits per heavy atom. The summed E-state index contributed by atoms with van der Waals surface area (Å²) in [6.07, 6.45) is 10.8. The number of para-hydroxylation sites is 4. The second-order valence-corrected chi connectivity index (χ2v) is 20.0. The molecule has 9 aromatic rings. The lowest BCUT2D eigenvalue weighted by atomic mass is 9.91. The van der Waals surface area contributed by atoms with Crippen LogP contribution in [-0.2, 0) is 34.5 Å². The number of nitrogens with one attached hydrogen (secondary N) is 3. The van der Waals surface area contributed by atoms with Gasteiger partial charge >= 0.3 is 29.2 Å². The van der Waals surface area contributed by atoms with Crippen molar-refractivity contribution in [2.75, 3.05) is 10.6 Å². The highest BCUT2D eigenvalue weighted by Gasteiger charge is 2.27. The van der Waals surface area contributed by atoms with Gasteiger partial charge in [-0.2, -0.15) is 16.8 Å². The first kappa shape index (κ1) is 56.6. The van der Waals surface area contributed by atoms with Crippen molar-refractivity contribution in [3.8, 4) is 33.9 Å². The molecule has 2 fully saturated rings. The average molecular weight is 1130 g/mol. The molecule has 4 heterocycles. The maximum absolute atomic E-state index is 12.4. The Kier molecular flexibility index (Phi) is 20.0. The van der Waals surface area contributed by atoms with Crippen molar-refractivity contribution in [2.45, 2.75) is 96.0 Å². The van der Waals surface area contributed by atoms with Gasteiger partial charge in [0.25, 0.3) is 0 Å². The standard InChI is InChI=1S/C33H32ClN5O2.C25H26ClN5.2O2S/c1-22-30(27-17-8-9-18-29(27)39(22)26-15-6-3-7-16-26)31-28(34)20-35-32(38-31)36-24-13-10-14-25(19-24)37-33(40)41-21-23-11-4-2-5-12-23;1-16-23(20-12-5-6-13-22(20)31(16)19-10-3-2-4-11-19)24-21(26)15-28-25(30-24)29-18-9-7-8-17(27)14-18;2*1-3-2/h2-9,11-12,15-18,20,24-25H,10,13-14,19,21H2,1H3,(H,37,40)(H,35,36,38);2-6,10-13,15,17-18H,7-9,14,27H2,1H3,(H,28,29,30);;/t24-,25+;17-,18+;;/m10../s1. The first-order valence-electron chi connectivity index (χ1n) is 25.5. The van der Waals surface area contributed by atoms with E-state index in [9.17, 15) is 4.79 Å². The van der Waals surface area contributed by atoms with Crippen LogP contribution in [0, 0.1) is 13.8 Å². The summed E-state index contributed by atoms with van der Waals surface area (Å²) in [4.78, 5) is 31.2. The third-order valence-electron chi connectivity index (χ3n) is 13.8. The van der Waals surface area contributed by atoms with Crippen molar-refractivity contribution in [3.05, 3.63) is 179 Å². The lowest BCUT2D eigenvalue weighted by Crippen LogP contribution is -2.42. The minimum atomic E-state index is -0.750. The summed E-state index contributed by atoms with van der Waals surface area (Å²) in [6, 6.07) is 47.7. The van der Waals surface area contributed by atoms with Crippen LogP contribution in [0.4, 0.5) is 16.7 Å². The number of carbonyl (C=O) groups excluding carboxylic acids is 1. The highest BCUT2D eigenvalue weighted by atomic mass is 35.5. The third kappa shape index (κ3) is 13.9. The molecule has 2 saturated carbocycles. The molecule has 20 heteroatoms. The first-order valence-corrected chi connectivity index (χ1v) is 27.6. The van der Waals surface area contributed by atoms with Crippen molar-refractivity contribution >= 4 is 86.1 Å². The third-order valence-corrected chi connectivity index (χ3v) is 14.4. The van der Waals surface area contributed by atoms with E-state index in [-0.39, 0.29) is 24.7 Å². The molecule has 2 aliphatic rings. The van der Waals surface area contributed by atoms with Gasteiger partial charge in [-0.3, -0.25) is 0 Å². The Labute approximate surface area is 469 Å². The number of amides is 1. The number of rotatable bonds is 11. The number of ether oxygens (including phenoxy) is 1. The highest BCUT2D eigenvalue weighted by Crippen LogP contribution is 2.41. The second-order valence-electron chi connectivity index (χ2n) is 18.9. The van der Waals surface area contributed by atoms with Crippen LogP contribution >= 0.6 is 23.2 Å². The number of nitrogens with zero attached hydrogens (tertiary/aromatic N) is 6. The fourth-order valence-electron chi connectivity index (χ4n) is 10.5. The fourth-order valence-corrected chi connectivity index (χ4v) is 10.9. The lowest BCUT2D eigenvalue weighted by Gasteiger charge is -2.30. The summed E-state index contributed by atoms with van der Waals surface area (Å²) in [6.45, 7) is 4.47. The maximum Gasteiger partial charge on any atom is 0.407 e. The quantitative estimate of drug-likeness (QED) is 0.0949. The number of nitrogens with two attached hydrogens (primary N) is 1. The number of alkyl carbamates (subject to hydrolysis) is 1. The van der Waals surface area contributed by atoms with Gasteiger partial charge in [0, 0.05) is 68.8 Å². The van der Waals surface area contributed by atoms with Crippen molar-refractivity contribution in [3.63, 3.8) is 0 Å². The maximum atomic E-state index is 12.4. The predicted octanol–water partition coefficient (Wildman–Crippen LogP) is 12.1. The van der Waals surface area contributed by atoms with Crippen molar-refractivity contribution < 1.29 is 26.4 Å². The van der Waals surface area contributed by atoms with Crippen LogP contribution in [0.2, 0.25) is 10.0 Å². The van der Waals surface area contributed by atoms with Gasteiger partial charge in [0.1, 0.15) is 6.61 Å². The van der Waals surface area contributed by atoms with Crippen molar-refractivity contribution in [1.82, 2.24) is 34.4 Å². The minimum Gasteiger partial charge on any atom is -0.445 e. The van der Waals surface area contributed by atoms with E-state index >= 15 is 0 Å². The molecule has 5 aromatic carbocycles. The van der Waals surface area contributed by atoms with Gasteiger partial charge in [0.15, 0.2) is 0 Å². The monoisotopic (exact) mass is 1120 g/mol. The average Bonchev–Trinajstić information content (AvgIpc) is 4.15. The molecular formula is C58H58Cl2N10O6S2. The molecule has 0 spiro atoms. The molecule has 11 rings (SSSR count). The van der Waals surface area contributed by atoms with Gasteiger partial charge in [-0.25, -0.2) is 24.7 Å². The van der Waals surface area contributed by atoms with E-state index in [1.807, 2.05) is 66.7 Å². The fraction of sp³-hybridized carbons (Fsp3) is 0.259. The molecule has 0 aliphatic heterocycles. The van der Waals surface area contributed by atoms with Crippen LogP contribution in [-0.4, -0.2) is 76.2 Å². The number of anilines is 2. The van der Waals surface area contributed by atoms with E-state index < -0.39 is 29.2 Å². The molecule has 402 valence electrons. The molecule has 4 atom stereocenters. The normalized spacial score (nSPS) is 16.7. The predicted molar refractivity (Wildman–Crippen MR) is 309 cm³/mol. The molecule has 2 aliphatic carbocycles. The Balaban J connectivity index is 0.000000193. The summed E-state index contributed by atoms with van der Waals surface area (Å²) in [5.74, 6) is 1.13. The lowest BCUT2D eigenvalue weighted by molar-refractivity contribution is 0.132. The molecule has 0 unspecified atom stereocenters. The Bertz CT molecular complexity index is 3530. The van der Waals surface area contributed by atoms with Crippen LogP contribution in [0.15, 0.2) is 152 Å². The highest BCUT2D eigenvalue weighted by molar-refractivity contribution is 7.52. The van der Waals surface area contributed by atoms with E-state index in [4.69, 9.17) is 60.5 Å². The van der Waals surface area contributed by atoms with E-state index in [1.165, 1.54) is 0 Å². The summed E-state index contributed by atoms with van der Waals surface area (Å²) in [5.41, 5.74) is 17.2. The largest absolute Gasteiger partial charge is 0.445 e. The molecule has 5 N–H and O–H groups in total. The van der Waals surface area contributed by atoms with Crippen LogP contribution in [0.5, 0.6) is 0 Å². The number of carbonyl (C=O) groups is 1. The van der Waals surface area contributed by atoms with E-state index in [0.717, 1.165) is 118 Å². The smallest absolute Gasteiger partial charge is 0.407 e. The van der Waals surface area contributed by atoms with E-state index in [2.05, 4.69) is 122 Å². The van der Waals surface area contributed by atoms with Gasteiger partial charge in [-0.1, -0.05) is 126 Å². The first-order chi connectivity index (χ1) is 38.0. The topological polar surface area (TPSA) is 218 Å². The van der Waals surface area contributed by atoms with Crippen LogP contribution < -0.4 is 21.7 Å². The van der Waals surface area contributed by atoms with Crippen LogP contribution in [0.25, 0.3) is 55.7 Å².